The Labute approximate surface area is 201 Å². The van der Waals surface area contributed by atoms with Crippen LogP contribution in [0.25, 0.3) is 0 Å². The third-order valence-electron chi connectivity index (χ3n) is 8.02. The molecule has 0 spiro atoms. The Morgan fingerprint density at radius 3 is 2.06 bits per heavy atom. The predicted molar refractivity (Wildman–Crippen MR) is 134 cm³/mol. The highest BCUT2D eigenvalue weighted by atomic mass is 28.4. The minimum atomic E-state index is -2.17. The van der Waals surface area contributed by atoms with Crippen LogP contribution in [0.5, 0.6) is 0 Å². The van der Waals surface area contributed by atoms with E-state index in [-0.39, 0.29) is 24.3 Å². The van der Waals surface area contributed by atoms with Crippen molar-refractivity contribution in [2.24, 2.45) is 11.3 Å². The van der Waals surface area contributed by atoms with E-state index >= 15 is 0 Å². The van der Waals surface area contributed by atoms with Gasteiger partial charge in [0.1, 0.15) is 5.41 Å². The molecule has 0 aromatic carbocycles. The average molecular weight is 483 g/mol. The van der Waals surface area contributed by atoms with Gasteiger partial charge in [0.05, 0.1) is 19.8 Å². The number of carbonyl (C=O) groups is 2. The first-order chi connectivity index (χ1) is 15.3. The highest BCUT2D eigenvalue weighted by Crippen LogP contribution is 2.56. The van der Waals surface area contributed by atoms with Crippen molar-refractivity contribution in [2.75, 3.05) is 20.8 Å². The Morgan fingerprint density at radius 1 is 1.09 bits per heavy atom. The molecule has 3 atom stereocenters. The second-order valence-electron chi connectivity index (χ2n) is 10.5. The first-order valence-corrected chi connectivity index (χ1v) is 14.3. The summed E-state index contributed by atoms with van der Waals surface area (Å²) in [6.45, 7) is 21.4. The van der Waals surface area contributed by atoms with E-state index in [1.807, 2.05) is 0 Å². The van der Waals surface area contributed by atoms with E-state index < -0.39 is 31.3 Å². The number of esters is 2. The van der Waals surface area contributed by atoms with Crippen LogP contribution >= 0.6 is 0 Å². The smallest absolute Gasteiger partial charge is 0.333 e. The minimum absolute atomic E-state index is 0.192. The van der Waals surface area contributed by atoms with E-state index in [9.17, 15) is 14.7 Å². The van der Waals surface area contributed by atoms with Crippen LogP contribution < -0.4 is 0 Å². The average Bonchev–Trinajstić information content (AvgIpc) is 3.03. The summed E-state index contributed by atoms with van der Waals surface area (Å²) in [5, 5.41) is 12.2. The lowest BCUT2D eigenvalue weighted by Crippen LogP contribution is -2.55. The maximum Gasteiger partial charge on any atom is 0.333 e. The molecule has 0 saturated heterocycles. The van der Waals surface area contributed by atoms with Crippen molar-refractivity contribution in [1.29, 1.82) is 0 Å². The van der Waals surface area contributed by atoms with Gasteiger partial charge in [-0.05, 0) is 48.7 Å². The second kappa shape index (κ2) is 11.8. The summed E-state index contributed by atoms with van der Waals surface area (Å²) in [7, 11) is 0.485. The third-order valence-corrected chi connectivity index (χ3v) is 14.1. The Morgan fingerprint density at radius 2 is 1.64 bits per heavy atom. The summed E-state index contributed by atoms with van der Waals surface area (Å²) < 4.78 is 16.8. The summed E-state index contributed by atoms with van der Waals surface area (Å²) >= 11 is 0. The third kappa shape index (κ3) is 5.46. The monoisotopic (exact) mass is 482 g/mol. The van der Waals surface area contributed by atoms with Gasteiger partial charge in [-0.25, -0.2) is 4.79 Å². The molecule has 0 aromatic rings. The first-order valence-electron chi connectivity index (χ1n) is 12.1. The van der Waals surface area contributed by atoms with Gasteiger partial charge in [0.25, 0.3) is 0 Å². The van der Waals surface area contributed by atoms with Gasteiger partial charge in [-0.3, -0.25) is 4.79 Å². The first kappa shape index (κ1) is 29.6. The molecule has 6 nitrogen and oxygen atoms in total. The summed E-state index contributed by atoms with van der Waals surface area (Å²) in [4.78, 5) is 25.0. The fourth-order valence-corrected chi connectivity index (χ4v) is 11.8. The van der Waals surface area contributed by atoms with E-state index in [4.69, 9.17) is 13.9 Å². The Hall–Kier alpha value is -1.44. The van der Waals surface area contributed by atoms with E-state index in [1.54, 1.807) is 6.08 Å². The lowest BCUT2D eigenvalue weighted by Gasteiger charge is -2.46. The molecule has 0 aromatic heterocycles. The van der Waals surface area contributed by atoms with Gasteiger partial charge in [0, 0.05) is 18.1 Å². The van der Waals surface area contributed by atoms with Gasteiger partial charge < -0.3 is 19.0 Å². The van der Waals surface area contributed by atoms with Crippen LogP contribution in [-0.4, -0.2) is 51.8 Å². The molecule has 0 unspecified atom stereocenters. The highest BCUT2D eigenvalue weighted by molar-refractivity contribution is 6.77. The zero-order chi connectivity index (χ0) is 25.6. The second-order valence-corrected chi connectivity index (χ2v) is 15.9. The molecule has 7 heteroatoms. The zero-order valence-corrected chi connectivity index (χ0v) is 23.0. The Bertz CT molecular complexity index is 694. The van der Waals surface area contributed by atoms with Crippen LogP contribution in [-0.2, 0) is 23.5 Å². The number of aliphatic hydroxyl groups is 1. The fraction of sp³-hybridized carbons (Fsp3) is 0.769. The molecule has 0 radical (unpaired) electrons. The summed E-state index contributed by atoms with van der Waals surface area (Å²) in [6, 6.07) is 0. The molecule has 0 heterocycles. The van der Waals surface area contributed by atoms with Gasteiger partial charge in [0.15, 0.2) is 8.32 Å². The molecule has 1 rings (SSSR count). The molecule has 0 bridgehead atoms. The molecular weight excluding hydrogens is 436 g/mol. The molecule has 190 valence electrons. The molecule has 0 aliphatic heterocycles. The Balaban J connectivity index is 3.39. The van der Waals surface area contributed by atoms with Crippen molar-refractivity contribution in [2.45, 2.75) is 95.9 Å². The normalized spacial score (nSPS) is 25.5. The largest absolute Gasteiger partial charge is 0.468 e. The quantitative estimate of drug-likeness (QED) is 0.160. The Kier molecular flexibility index (Phi) is 10.6. The van der Waals surface area contributed by atoms with Crippen molar-refractivity contribution in [3.8, 4) is 0 Å². The maximum atomic E-state index is 13.1. The molecule has 1 N–H and O–H groups in total. The molecule has 1 fully saturated rings. The topological polar surface area (TPSA) is 82.1 Å². The van der Waals surface area contributed by atoms with Gasteiger partial charge in [-0.1, -0.05) is 54.2 Å². The fourth-order valence-electron chi connectivity index (χ4n) is 6.35. The molecular formula is C26H46O6Si. The molecule has 33 heavy (non-hydrogen) atoms. The maximum absolute atomic E-state index is 13.1. The summed E-state index contributed by atoms with van der Waals surface area (Å²) in [6.07, 6.45) is 3.46. The number of hydrogen-bond donors (Lipinski definition) is 1. The van der Waals surface area contributed by atoms with Crippen molar-refractivity contribution in [1.82, 2.24) is 0 Å². The molecule has 1 saturated carbocycles. The number of allylic oxidation sites excluding steroid dienone is 1. The standard InChI is InChI=1S/C26H46O6Si/c1-11-14-25(24(28)31-10)15-13-22(26(25,29)16-12-21(8)23(27)30-9)17-32-33(18(2)3,19(4)5)20(6)7/h11,18-20,22,29H,1,8,12-17H2,2-7,9-10H3/t22-,25+,26-/m0/s1. The predicted octanol–water partition coefficient (Wildman–Crippen LogP) is 5.56. The van der Waals surface area contributed by atoms with Gasteiger partial charge in [-0.15, -0.1) is 6.58 Å². The van der Waals surface area contributed by atoms with Crippen molar-refractivity contribution in [3.63, 3.8) is 0 Å². The number of hydrogen-bond acceptors (Lipinski definition) is 6. The minimum Gasteiger partial charge on any atom is -0.468 e. The van der Waals surface area contributed by atoms with Crippen LogP contribution in [0.3, 0.4) is 0 Å². The number of methoxy groups -OCH3 is 2. The zero-order valence-electron chi connectivity index (χ0n) is 22.0. The van der Waals surface area contributed by atoms with Crippen LogP contribution in [0.2, 0.25) is 16.6 Å². The lowest BCUT2D eigenvalue weighted by atomic mass is 9.66. The van der Waals surface area contributed by atoms with Crippen molar-refractivity contribution >= 4 is 20.3 Å². The number of rotatable bonds is 13. The van der Waals surface area contributed by atoms with Gasteiger partial charge in [0.2, 0.25) is 0 Å². The van der Waals surface area contributed by atoms with Gasteiger partial charge in [-0.2, -0.15) is 0 Å². The SMILES string of the molecule is C=CC[C@]1(C(=O)OC)CC[C@@H](CO[Si](C(C)C)(C(C)C)C(C)C)[C@@]1(O)CCC(=C)C(=O)OC. The number of carbonyl (C=O) groups excluding carboxylic acids is 2. The molecule has 1 aliphatic rings. The van der Waals surface area contributed by atoms with E-state index in [0.29, 0.717) is 42.5 Å². The van der Waals surface area contributed by atoms with E-state index in [2.05, 4.69) is 54.7 Å². The van der Waals surface area contributed by atoms with E-state index in [1.165, 1.54) is 14.2 Å². The van der Waals surface area contributed by atoms with Crippen molar-refractivity contribution < 1.29 is 28.6 Å². The van der Waals surface area contributed by atoms with Crippen LogP contribution in [0, 0.1) is 11.3 Å². The van der Waals surface area contributed by atoms with E-state index in [0.717, 1.165) is 0 Å². The number of ether oxygens (including phenoxy) is 2. The van der Waals surface area contributed by atoms with Crippen LogP contribution in [0.4, 0.5) is 0 Å². The van der Waals surface area contributed by atoms with Gasteiger partial charge >= 0.3 is 11.9 Å². The lowest BCUT2D eigenvalue weighted by molar-refractivity contribution is -0.175. The highest BCUT2D eigenvalue weighted by Gasteiger charge is 2.63. The van der Waals surface area contributed by atoms with Crippen LogP contribution in [0.1, 0.15) is 73.6 Å². The molecule has 1 aliphatic carbocycles. The van der Waals surface area contributed by atoms with Crippen LogP contribution in [0.15, 0.2) is 24.8 Å². The molecule has 0 amide bonds. The van der Waals surface area contributed by atoms with Crippen molar-refractivity contribution in [3.05, 3.63) is 24.8 Å². The summed E-state index contributed by atoms with van der Waals surface area (Å²) in [5.41, 5.74) is -1.06. The summed E-state index contributed by atoms with van der Waals surface area (Å²) in [5.74, 6) is -1.23.